The Hall–Kier alpha value is -1.52. The van der Waals surface area contributed by atoms with E-state index in [-0.39, 0.29) is 11.5 Å². The van der Waals surface area contributed by atoms with Crippen molar-refractivity contribution in [2.45, 2.75) is 40.2 Å². The minimum atomic E-state index is -0.942. The number of esters is 1. The molecule has 0 aliphatic carbocycles. The van der Waals surface area contributed by atoms with Gasteiger partial charge in [-0.05, 0) is 24.3 Å². The van der Waals surface area contributed by atoms with Gasteiger partial charge in [0.25, 0.3) is 0 Å². The van der Waals surface area contributed by atoms with Crippen LogP contribution in [0.4, 0.5) is 4.79 Å². The lowest BCUT2D eigenvalue weighted by Crippen LogP contribution is -2.43. The second kappa shape index (κ2) is 5.42. The Labute approximate surface area is 107 Å². The molecule has 1 atom stereocenters. The summed E-state index contributed by atoms with van der Waals surface area (Å²) in [6, 6.07) is -0.264. The number of ether oxygens (including phenoxy) is 1. The van der Waals surface area contributed by atoms with Crippen LogP contribution in [0.15, 0.2) is 11.6 Å². The van der Waals surface area contributed by atoms with Crippen LogP contribution >= 0.6 is 0 Å². The monoisotopic (exact) mass is 255 g/mol. The number of carbonyl (C=O) groups excluding carboxylic acids is 1. The van der Waals surface area contributed by atoms with Crippen LogP contribution in [0.2, 0.25) is 0 Å². The SMILES string of the molecule is CCOC(=O)/C=C1/CCN(C(=O)O)C1C(C)(C)C. The molecule has 1 aliphatic rings. The van der Waals surface area contributed by atoms with Gasteiger partial charge in [0.15, 0.2) is 0 Å². The van der Waals surface area contributed by atoms with E-state index < -0.39 is 12.1 Å². The molecule has 5 heteroatoms. The highest BCUT2D eigenvalue weighted by Gasteiger charge is 2.40. The number of nitrogens with zero attached hydrogens (tertiary/aromatic N) is 1. The molecule has 1 aliphatic heterocycles. The summed E-state index contributed by atoms with van der Waals surface area (Å²) in [4.78, 5) is 24.1. The van der Waals surface area contributed by atoms with Gasteiger partial charge in [0, 0.05) is 12.6 Å². The van der Waals surface area contributed by atoms with E-state index in [1.807, 2.05) is 20.8 Å². The summed E-state index contributed by atoms with van der Waals surface area (Å²) in [6.07, 6.45) is 1.09. The maximum Gasteiger partial charge on any atom is 0.407 e. The van der Waals surface area contributed by atoms with Crippen LogP contribution in [0.5, 0.6) is 0 Å². The van der Waals surface area contributed by atoms with Gasteiger partial charge < -0.3 is 14.7 Å². The van der Waals surface area contributed by atoms with Gasteiger partial charge in [0.2, 0.25) is 0 Å². The summed E-state index contributed by atoms with van der Waals surface area (Å²) in [5.74, 6) is -0.394. The Bertz CT molecular complexity index is 368. The lowest BCUT2D eigenvalue weighted by atomic mass is 9.82. The first-order chi connectivity index (χ1) is 8.27. The predicted molar refractivity (Wildman–Crippen MR) is 67.3 cm³/mol. The van der Waals surface area contributed by atoms with E-state index in [4.69, 9.17) is 4.74 Å². The van der Waals surface area contributed by atoms with E-state index in [0.29, 0.717) is 19.6 Å². The summed E-state index contributed by atoms with van der Waals surface area (Å²) >= 11 is 0. The van der Waals surface area contributed by atoms with Gasteiger partial charge in [-0.15, -0.1) is 0 Å². The van der Waals surface area contributed by atoms with Gasteiger partial charge in [-0.25, -0.2) is 9.59 Å². The highest BCUT2D eigenvalue weighted by atomic mass is 16.5. The topological polar surface area (TPSA) is 66.8 Å². The van der Waals surface area contributed by atoms with E-state index in [0.717, 1.165) is 5.57 Å². The first kappa shape index (κ1) is 14.5. The van der Waals surface area contributed by atoms with Gasteiger partial charge in [0.1, 0.15) is 0 Å². The Morgan fingerprint density at radius 2 is 2.11 bits per heavy atom. The molecule has 0 radical (unpaired) electrons. The van der Waals surface area contributed by atoms with Gasteiger partial charge in [-0.3, -0.25) is 0 Å². The molecular formula is C13H21NO4. The zero-order valence-corrected chi connectivity index (χ0v) is 11.4. The van der Waals surface area contributed by atoms with Crippen molar-refractivity contribution in [3.05, 3.63) is 11.6 Å². The van der Waals surface area contributed by atoms with E-state index in [9.17, 15) is 14.7 Å². The summed E-state index contributed by atoms with van der Waals surface area (Å²) in [7, 11) is 0. The second-order valence-electron chi connectivity index (χ2n) is 5.47. The number of rotatable bonds is 2. The lowest BCUT2D eigenvalue weighted by molar-refractivity contribution is -0.137. The third-order valence-corrected chi connectivity index (χ3v) is 2.96. The van der Waals surface area contributed by atoms with Crippen molar-refractivity contribution < 1.29 is 19.4 Å². The van der Waals surface area contributed by atoms with Gasteiger partial charge in [0.05, 0.1) is 12.6 Å². The quantitative estimate of drug-likeness (QED) is 0.607. The van der Waals surface area contributed by atoms with Crippen LogP contribution in [0.25, 0.3) is 0 Å². The molecule has 102 valence electrons. The Morgan fingerprint density at radius 1 is 1.50 bits per heavy atom. The zero-order chi connectivity index (χ0) is 13.9. The molecule has 5 nitrogen and oxygen atoms in total. The van der Waals surface area contributed by atoms with Crippen LogP contribution in [0.3, 0.4) is 0 Å². The smallest absolute Gasteiger partial charge is 0.407 e. The Balaban J connectivity index is 2.99. The molecule has 1 rings (SSSR count). The number of amides is 1. The molecule has 1 fully saturated rings. The van der Waals surface area contributed by atoms with Crippen LogP contribution in [-0.2, 0) is 9.53 Å². The molecule has 0 aromatic carbocycles. The summed E-state index contributed by atoms with van der Waals surface area (Å²) < 4.78 is 4.88. The molecule has 1 amide bonds. The fraction of sp³-hybridized carbons (Fsp3) is 0.692. The third kappa shape index (κ3) is 3.24. The minimum Gasteiger partial charge on any atom is -0.465 e. The van der Waals surface area contributed by atoms with Crippen molar-refractivity contribution >= 4 is 12.1 Å². The average molecular weight is 255 g/mol. The average Bonchev–Trinajstić information content (AvgIpc) is 2.61. The number of carbonyl (C=O) groups is 2. The van der Waals surface area contributed by atoms with Crippen molar-refractivity contribution in [2.75, 3.05) is 13.2 Å². The summed E-state index contributed by atoms with van der Waals surface area (Å²) in [6.45, 7) is 8.41. The largest absolute Gasteiger partial charge is 0.465 e. The fourth-order valence-corrected chi connectivity index (χ4v) is 2.43. The van der Waals surface area contributed by atoms with Crippen molar-refractivity contribution in [2.24, 2.45) is 5.41 Å². The summed E-state index contributed by atoms with van der Waals surface area (Å²) in [5.41, 5.74) is 0.594. The van der Waals surface area contributed by atoms with E-state index in [1.165, 1.54) is 11.0 Å². The van der Waals surface area contributed by atoms with Gasteiger partial charge in [-0.2, -0.15) is 0 Å². The maximum atomic E-state index is 11.5. The third-order valence-electron chi connectivity index (χ3n) is 2.96. The maximum absolute atomic E-state index is 11.5. The first-order valence-corrected chi connectivity index (χ1v) is 6.14. The van der Waals surface area contributed by atoms with Crippen LogP contribution in [0.1, 0.15) is 34.1 Å². The molecule has 1 heterocycles. The molecule has 1 saturated heterocycles. The lowest BCUT2D eigenvalue weighted by Gasteiger charge is -2.34. The van der Waals surface area contributed by atoms with Crippen molar-refractivity contribution in [3.63, 3.8) is 0 Å². The number of carboxylic acid groups (broad SMARTS) is 1. The number of hydrogen-bond donors (Lipinski definition) is 1. The second-order valence-corrected chi connectivity index (χ2v) is 5.47. The Kier molecular flexibility index (Phi) is 4.38. The number of hydrogen-bond acceptors (Lipinski definition) is 3. The first-order valence-electron chi connectivity index (χ1n) is 6.14. The molecule has 1 unspecified atom stereocenters. The van der Waals surface area contributed by atoms with E-state index >= 15 is 0 Å². The molecule has 0 saturated carbocycles. The molecular weight excluding hydrogens is 234 g/mol. The van der Waals surface area contributed by atoms with E-state index in [2.05, 4.69) is 0 Å². The fourth-order valence-electron chi connectivity index (χ4n) is 2.43. The molecule has 0 aromatic rings. The van der Waals surface area contributed by atoms with Crippen LogP contribution in [0, 0.1) is 5.41 Å². The summed E-state index contributed by atoms with van der Waals surface area (Å²) in [5, 5.41) is 9.18. The van der Waals surface area contributed by atoms with Crippen LogP contribution in [-0.4, -0.2) is 41.3 Å². The van der Waals surface area contributed by atoms with Crippen LogP contribution < -0.4 is 0 Å². The Morgan fingerprint density at radius 3 is 2.56 bits per heavy atom. The molecule has 0 bridgehead atoms. The minimum absolute atomic E-state index is 0.243. The van der Waals surface area contributed by atoms with E-state index in [1.54, 1.807) is 6.92 Å². The zero-order valence-electron chi connectivity index (χ0n) is 11.4. The standard InChI is InChI=1S/C13H21NO4/c1-5-18-10(15)8-9-6-7-14(12(16)17)11(9)13(2,3)4/h8,11H,5-7H2,1-4H3,(H,16,17)/b9-8-. The van der Waals surface area contributed by atoms with Gasteiger partial charge in [-0.1, -0.05) is 20.8 Å². The van der Waals surface area contributed by atoms with Crippen molar-refractivity contribution in [3.8, 4) is 0 Å². The van der Waals surface area contributed by atoms with Gasteiger partial charge >= 0.3 is 12.1 Å². The van der Waals surface area contributed by atoms with Crippen molar-refractivity contribution in [1.82, 2.24) is 4.90 Å². The number of likely N-dealkylation sites (tertiary alicyclic amines) is 1. The molecule has 0 aromatic heterocycles. The normalized spacial score (nSPS) is 22.3. The highest BCUT2D eigenvalue weighted by molar-refractivity contribution is 5.83. The van der Waals surface area contributed by atoms with Crippen molar-refractivity contribution in [1.29, 1.82) is 0 Å². The molecule has 18 heavy (non-hydrogen) atoms. The molecule has 1 N–H and O–H groups in total. The molecule has 0 spiro atoms. The predicted octanol–water partition coefficient (Wildman–Crippen LogP) is 2.27. The highest BCUT2D eigenvalue weighted by Crippen LogP contribution is 2.36.